The highest BCUT2D eigenvalue weighted by Crippen LogP contribution is 2.13. The van der Waals surface area contributed by atoms with E-state index in [1.807, 2.05) is 0 Å². The Morgan fingerprint density at radius 2 is 1.79 bits per heavy atom. The molecule has 0 saturated heterocycles. The van der Waals surface area contributed by atoms with Crippen molar-refractivity contribution in [3.63, 3.8) is 0 Å². The number of rotatable bonds is 6. The monoisotopic (exact) mass is 285 g/mol. The van der Waals surface area contributed by atoms with Crippen LogP contribution in [0.5, 0.6) is 5.75 Å². The van der Waals surface area contributed by atoms with Gasteiger partial charge in [0.15, 0.2) is 12.4 Å². The van der Waals surface area contributed by atoms with Crippen LogP contribution in [0.25, 0.3) is 0 Å². The highest BCUT2D eigenvalue weighted by atomic mass is 32.2. The number of ketones is 1. The van der Waals surface area contributed by atoms with Crippen LogP contribution >= 0.6 is 0 Å². The number of hydrogen-bond acceptors (Lipinski definition) is 5. The van der Waals surface area contributed by atoms with Crippen molar-refractivity contribution in [1.82, 2.24) is 4.72 Å². The van der Waals surface area contributed by atoms with Gasteiger partial charge in [0, 0.05) is 12.0 Å². The summed E-state index contributed by atoms with van der Waals surface area (Å²) >= 11 is 0. The van der Waals surface area contributed by atoms with Crippen LogP contribution in [0.1, 0.15) is 23.7 Å². The maximum absolute atomic E-state index is 11.4. The standard InChI is InChI=1S/C12H15NO5S/c1-3-11(14)9-4-6-10(7-5-9)18-8-12(15)13-19(2,16)17/h4-7H,3,8H2,1-2H3,(H,13,15). The zero-order chi connectivity index (χ0) is 14.5. The number of carbonyl (C=O) groups excluding carboxylic acids is 2. The summed E-state index contributed by atoms with van der Waals surface area (Å²) in [5.74, 6) is -0.353. The number of ether oxygens (including phenoxy) is 1. The lowest BCUT2D eigenvalue weighted by Crippen LogP contribution is -2.33. The SMILES string of the molecule is CCC(=O)c1ccc(OCC(=O)NS(C)(=O)=O)cc1. The lowest BCUT2D eigenvalue weighted by Gasteiger charge is -2.06. The van der Waals surface area contributed by atoms with Gasteiger partial charge in [-0.05, 0) is 24.3 Å². The van der Waals surface area contributed by atoms with E-state index in [2.05, 4.69) is 0 Å². The molecule has 104 valence electrons. The molecule has 0 aliphatic heterocycles. The van der Waals surface area contributed by atoms with Gasteiger partial charge in [-0.1, -0.05) is 6.92 Å². The van der Waals surface area contributed by atoms with Crippen molar-refractivity contribution in [2.75, 3.05) is 12.9 Å². The molecule has 0 aromatic heterocycles. The van der Waals surface area contributed by atoms with Gasteiger partial charge in [0.05, 0.1) is 6.26 Å². The Morgan fingerprint density at radius 1 is 1.21 bits per heavy atom. The fourth-order valence-corrected chi connectivity index (χ4v) is 1.80. The Labute approximate surface area is 111 Å². The Kier molecular flexibility index (Phi) is 5.05. The van der Waals surface area contributed by atoms with Gasteiger partial charge < -0.3 is 4.74 Å². The van der Waals surface area contributed by atoms with Crippen LogP contribution in [0, 0.1) is 0 Å². The maximum atomic E-state index is 11.4. The maximum Gasteiger partial charge on any atom is 0.271 e. The van der Waals surface area contributed by atoms with Crippen LogP contribution in [0.4, 0.5) is 0 Å². The first kappa shape index (κ1) is 15.2. The van der Waals surface area contributed by atoms with Gasteiger partial charge in [-0.3, -0.25) is 14.3 Å². The molecule has 6 nitrogen and oxygen atoms in total. The van der Waals surface area contributed by atoms with E-state index < -0.39 is 22.5 Å². The molecule has 0 radical (unpaired) electrons. The quantitative estimate of drug-likeness (QED) is 0.778. The van der Waals surface area contributed by atoms with E-state index in [0.29, 0.717) is 17.7 Å². The summed E-state index contributed by atoms with van der Waals surface area (Å²) in [4.78, 5) is 22.6. The third-order valence-electron chi connectivity index (χ3n) is 2.17. The first-order chi connectivity index (χ1) is 8.81. The fraction of sp³-hybridized carbons (Fsp3) is 0.333. The molecule has 0 unspecified atom stereocenters. The number of benzene rings is 1. The lowest BCUT2D eigenvalue weighted by atomic mass is 10.1. The third-order valence-corrected chi connectivity index (χ3v) is 2.77. The molecule has 0 aliphatic carbocycles. The Balaban J connectivity index is 2.55. The van der Waals surface area contributed by atoms with Gasteiger partial charge in [0.1, 0.15) is 5.75 Å². The summed E-state index contributed by atoms with van der Waals surface area (Å²) < 4.78 is 28.4. The van der Waals surface area contributed by atoms with Gasteiger partial charge in [0.25, 0.3) is 5.91 Å². The van der Waals surface area contributed by atoms with E-state index in [-0.39, 0.29) is 5.78 Å². The van der Waals surface area contributed by atoms with Crippen LogP contribution < -0.4 is 9.46 Å². The molecule has 0 saturated carbocycles. The number of sulfonamides is 1. The van der Waals surface area contributed by atoms with E-state index in [1.165, 1.54) is 0 Å². The Morgan fingerprint density at radius 3 is 2.26 bits per heavy atom. The van der Waals surface area contributed by atoms with Crippen LogP contribution in [0.15, 0.2) is 24.3 Å². The molecule has 0 spiro atoms. The van der Waals surface area contributed by atoms with Crippen molar-refractivity contribution in [1.29, 1.82) is 0 Å². The van der Waals surface area contributed by atoms with E-state index >= 15 is 0 Å². The minimum absolute atomic E-state index is 0.0152. The molecule has 7 heteroatoms. The number of hydrogen-bond donors (Lipinski definition) is 1. The average Bonchev–Trinajstić information content (AvgIpc) is 2.34. The normalized spacial score (nSPS) is 10.8. The summed E-state index contributed by atoms with van der Waals surface area (Å²) in [6.45, 7) is 1.36. The van der Waals surface area contributed by atoms with Crippen molar-refractivity contribution in [3.05, 3.63) is 29.8 Å². The summed E-state index contributed by atoms with van der Waals surface area (Å²) in [7, 11) is -3.57. The third kappa shape index (κ3) is 5.52. The molecule has 0 bridgehead atoms. The topological polar surface area (TPSA) is 89.5 Å². The molecule has 1 aromatic carbocycles. The van der Waals surface area contributed by atoms with Gasteiger partial charge in [-0.2, -0.15) is 0 Å². The number of carbonyl (C=O) groups is 2. The van der Waals surface area contributed by atoms with Crippen molar-refractivity contribution >= 4 is 21.7 Å². The van der Waals surface area contributed by atoms with E-state index in [1.54, 1.807) is 35.9 Å². The zero-order valence-electron chi connectivity index (χ0n) is 10.7. The second-order valence-electron chi connectivity index (χ2n) is 3.89. The van der Waals surface area contributed by atoms with Crippen LogP contribution in [-0.2, 0) is 14.8 Å². The predicted octanol–water partition coefficient (Wildman–Crippen LogP) is 0.734. The van der Waals surface area contributed by atoms with E-state index in [4.69, 9.17) is 4.74 Å². The number of Topliss-reactive ketones (excluding diaryl/α,β-unsaturated/α-hetero) is 1. The molecule has 19 heavy (non-hydrogen) atoms. The molecule has 0 aliphatic rings. The zero-order valence-corrected chi connectivity index (χ0v) is 11.5. The number of nitrogens with one attached hydrogen (secondary N) is 1. The minimum atomic E-state index is -3.57. The van der Waals surface area contributed by atoms with Crippen molar-refractivity contribution in [3.8, 4) is 5.75 Å². The molecule has 1 rings (SSSR count). The average molecular weight is 285 g/mol. The first-order valence-electron chi connectivity index (χ1n) is 5.58. The highest BCUT2D eigenvalue weighted by Gasteiger charge is 2.09. The van der Waals surface area contributed by atoms with E-state index in [0.717, 1.165) is 6.26 Å². The largest absolute Gasteiger partial charge is 0.484 e. The summed E-state index contributed by atoms with van der Waals surface area (Å²) in [6, 6.07) is 6.29. The highest BCUT2D eigenvalue weighted by molar-refractivity contribution is 7.89. The Hall–Kier alpha value is -1.89. The second-order valence-corrected chi connectivity index (χ2v) is 5.64. The Bertz CT molecular complexity index is 562. The molecule has 1 aromatic rings. The molecular formula is C12H15NO5S. The molecule has 1 amide bonds. The van der Waals surface area contributed by atoms with Gasteiger partial charge in [0.2, 0.25) is 10.0 Å². The van der Waals surface area contributed by atoms with Crippen LogP contribution in [-0.4, -0.2) is 33.0 Å². The summed E-state index contributed by atoms with van der Waals surface area (Å²) in [6.07, 6.45) is 1.30. The van der Waals surface area contributed by atoms with Crippen LogP contribution in [0.2, 0.25) is 0 Å². The second kappa shape index (κ2) is 6.33. The number of amides is 1. The first-order valence-corrected chi connectivity index (χ1v) is 7.47. The summed E-state index contributed by atoms with van der Waals surface area (Å²) in [5.41, 5.74) is 0.565. The lowest BCUT2D eigenvalue weighted by molar-refractivity contribution is -0.121. The summed E-state index contributed by atoms with van der Waals surface area (Å²) in [5, 5.41) is 0. The van der Waals surface area contributed by atoms with Gasteiger partial charge in [-0.15, -0.1) is 0 Å². The smallest absolute Gasteiger partial charge is 0.271 e. The van der Waals surface area contributed by atoms with Crippen molar-refractivity contribution < 1.29 is 22.7 Å². The fourth-order valence-electron chi connectivity index (χ4n) is 1.33. The van der Waals surface area contributed by atoms with Gasteiger partial charge in [-0.25, -0.2) is 8.42 Å². The van der Waals surface area contributed by atoms with Crippen LogP contribution in [0.3, 0.4) is 0 Å². The predicted molar refractivity (Wildman–Crippen MR) is 69.5 cm³/mol. The molecule has 0 fully saturated rings. The minimum Gasteiger partial charge on any atom is -0.484 e. The van der Waals surface area contributed by atoms with Gasteiger partial charge >= 0.3 is 0 Å². The molecule has 1 N–H and O–H groups in total. The molecule has 0 atom stereocenters. The molecular weight excluding hydrogens is 270 g/mol. The van der Waals surface area contributed by atoms with E-state index in [9.17, 15) is 18.0 Å². The molecule has 0 heterocycles. The van der Waals surface area contributed by atoms with Crippen molar-refractivity contribution in [2.45, 2.75) is 13.3 Å². The van der Waals surface area contributed by atoms with Crippen molar-refractivity contribution in [2.24, 2.45) is 0 Å².